The highest BCUT2D eigenvalue weighted by Gasteiger charge is 2.21. The number of benzene rings is 1. The predicted molar refractivity (Wildman–Crippen MR) is 70.0 cm³/mol. The molecule has 0 bridgehead atoms. The summed E-state index contributed by atoms with van der Waals surface area (Å²) >= 11 is 0. The van der Waals surface area contributed by atoms with E-state index in [9.17, 15) is 0 Å². The van der Waals surface area contributed by atoms with Crippen LogP contribution in [0.15, 0.2) is 24.3 Å². The zero-order chi connectivity index (χ0) is 11.7. The molecule has 1 aromatic rings. The van der Waals surface area contributed by atoms with Crippen molar-refractivity contribution in [2.75, 3.05) is 26.3 Å². The van der Waals surface area contributed by atoms with Crippen molar-refractivity contribution in [3.8, 4) is 0 Å². The molecule has 2 heteroatoms. The largest absolute Gasteiger partial charge is 0.379 e. The highest BCUT2D eigenvalue weighted by atomic mass is 16.5. The van der Waals surface area contributed by atoms with Crippen LogP contribution in [0.2, 0.25) is 0 Å². The van der Waals surface area contributed by atoms with Gasteiger partial charge in [-0.05, 0) is 29.4 Å². The molecule has 1 aliphatic heterocycles. The Labute approximate surface area is 102 Å². The van der Waals surface area contributed by atoms with Crippen molar-refractivity contribution in [3.63, 3.8) is 0 Å². The first kappa shape index (κ1) is 11.0. The van der Waals surface area contributed by atoms with Crippen LogP contribution in [0.3, 0.4) is 0 Å². The quantitative estimate of drug-likeness (QED) is 0.742. The van der Waals surface area contributed by atoms with Gasteiger partial charge in [-0.3, -0.25) is 4.90 Å². The monoisotopic (exact) mass is 229 g/mol. The van der Waals surface area contributed by atoms with Crippen molar-refractivity contribution in [2.24, 2.45) is 0 Å². The lowest BCUT2D eigenvalue weighted by molar-refractivity contribution is 0.0298. The molecule has 1 heterocycles. The van der Waals surface area contributed by atoms with E-state index >= 15 is 0 Å². The van der Waals surface area contributed by atoms with Gasteiger partial charge in [0.2, 0.25) is 0 Å². The first-order valence-electron chi connectivity index (χ1n) is 6.46. The van der Waals surface area contributed by atoms with Crippen LogP contribution < -0.4 is 10.4 Å². The highest BCUT2D eigenvalue weighted by Crippen LogP contribution is 2.17. The summed E-state index contributed by atoms with van der Waals surface area (Å²) < 4.78 is 5.42. The second kappa shape index (κ2) is 4.63. The van der Waals surface area contributed by atoms with E-state index in [1.165, 1.54) is 10.4 Å². The third-order valence-corrected chi connectivity index (χ3v) is 3.95. The minimum Gasteiger partial charge on any atom is -0.379 e. The van der Waals surface area contributed by atoms with E-state index in [2.05, 4.69) is 42.2 Å². The molecule has 90 valence electrons. The van der Waals surface area contributed by atoms with Crippen molar-refractivity contribution >= 4 is 11.6 Å². The van der Waals surface area contributed by atoms with Gasteiger partial charge in [0.25, 0.3) is 0 Å². The molecule has 1 aliphatic carbocycles. The van der Waals surface area contributed by atoms with Crippen LogP contribution in [0.4, 0.5) is 0 Å². The number of hydrogen-bond donors (Lipinski definition) is 0. The summed E-state index contributed by atoms with van der Waals surface area (Å²) in [5.74, 6) is 0. The maximum absolute atomic E-state index is 5.42. The maximum atomic E-state index is 5.42. The van der Waals surface area contributed by atoms with Gasteiger partial charge in [-0.25, -0.2) is 0 Å². The minimum atomic E-state index is 0.541. The summed E-state index contributed by atoms with van der Waals surface area (Å²) in [6.07, 6.45) is 3.46. The van der Waals surface area contributed by atoms with Gasteiger partial charge in [0.1, 0.15) is 0 Å². The molecule has 0 N–H and O–H groups in total. The minimum absolute atomic E-state index is 0.541. The Kier molecular flexibility index (Phi) is 3.00. The van der Waals surface area contributed by atoms with Gasteiger partial charge in [-0.1, -0.05) is 30.3 Å². The summed E-state index contributed by atoms with van der Waals surface area (Å²) in [4.78, 5) is 2.54. The summed E-state index contributed by atoms with van der Waals surface area (Å²) in [5.41, 5.74) is 1.57. The summed E-state index contributed by atoms with van der Waals surface area (Å²) in [7, 11) is 0. The topological polar surface area (TPSA) is 12.5 Å². The van der Waals surface area contributed by atoms with Gasteiger partial charge in [-0.2, -0.15) is 0 Å². The first-order valence-corrected chi connectivity index (χ1v) is 6.46. The lowest BCUT2D eigenvalue weighted by Crippen LogP contribution is -2.44. The third kappa shape index (κ3) is 2.03. The molecular weight excluding hydrogens is 210 g/mol. The van der Waals surface area contributed by atoms with Gasteiger partial charge < -0.3 is 4.74 Å². The number of nitrogens with zero attached hydrogens (tertiary/aromatic N) is 1. The normalized spacial score (nSPS) is 22.1. The van der Waals surface area contributed by atoms with E-state index in [0.717, 1.165) is 32.7 Å². The summed E-state index contributed by atoms with van der Waals surface area (Å²) in [6, 6.07) is 9.28. The van der Waals surface area contributed by atoms with Crippen molar-refractivity contribution in [1.82, 2.24) is 4.90 Å². The molecule has 3 rings (SSSR count). The number of rotatable bonds is 2. The number of morpholine rings is 1. The molecule has 2 aliphatic rings. The smallest absolute Gasteiger partial charge is 0.0594 e. The Balaban J connectivity index is 1.93. The van der Waals surface area contributed by atoms with E-state index in [-0.39, 0.29) is 0 Å². The van der Waals surface area contributed by atoms with Gasteiger partial charge in [0, 0.05) is 19.1 Å². The van der Waals surface area contributed by atoms with Gasteiger partial charge in [-0.15, -0.1) is 0 Å². The van der Waals surface area contributed by atoms with E-state index < -0.39 is 0 Å². The Morgan fingerprint density at radius 1 is 1.18 bits per heavy atom. The fraction of sp³-hybridized carbons (Fsp3) is 0.467. The van der Waals surface area contributed by atoms with Crippen LogP contribution in [-0.2, 0) is 4.74 Å². The van der Waals surface area contributed by atoms with Gasteiger partial charge in [0.15, 0.2) is 0 Å². The van der Waals surface area contributed by atoms with Crippen molar-refractivity contribution in [3.05, 3.63) is 34.7 Å². The van der Waals surface area contributed by atoms with Gasteiger partial charge in [0.05, 0.1) is 13.2 Å². The molecule has 0 aromatic heterocycles. The average Bonchev–Trinajstić information content (AvgIpc) is 2.83. The van der Waals surface area contributed by atoms with E-state index in [1.807, 2.05) is 0 Å². The van der Waals surface area contributed by atoms with Gasteiger partial charge >= 0.3 is 0 Å². The Bertz CT molecular complexity index is 514. The SMILES string of the molecule is CC(C1=c2ccccc2=CC1)N1CCOCC1. The zero-order valence-electron chi connectivity index (χ0n) is 10.4. The lowest BCUT2D eigenvalue weighted by Gasteiger charge is -2.33. The zero-order valence-corrected chi connectivity index (χ0v) is 10.4. The second-order valence-corrected chi connectivity index (χ2v) is 4.85. The van der Waals surface area contributed by atoms with Crippen molar-refractivity contribution in [2.45, 2.75) is 19.4 Å². The average molecular weight is 229 g/mol. The van der Waals surface area contributed by atoms with E-state index in [1.54, 1.807) is 5.57 Å². The third-order valence-electron chi connectivity index (χ3n) is 3.95. The van der Waals surface area contributed by atoms with Crippen LogP contribution in [0.1, 0.15) is 13.3 Å². The van der Waals surface area contributed by atoms with Crippen LogP contribution >= 0.6 is 0 Å². The molecule has 1 atom stereocenters. The molecule has 1 saturated heterocycles. The van der Waals surface area contributed by atoms with Crippen LogP contribution in [0.25, 0.3) is 11.6 Å². The number of fused-ring (bicyclic) bond motifs is 1. The Morgan fingerprint density at radius 3 is 2.76 bits per heavy atom. The summed E-state index contributed by atoms with van der Waals surface area (Å²) in [5, 5.41) is 2.86. The molecule has 1 aromatic carbocycles. The molecule has 0 saturated carbocycles. The molecule has 1 fully saturated rings. The summed E-state index contributed by atoms with van der Waals surface area (Å²) in [6.45, 7) is 6.21. The van der Waals surface area contributed by atoms with Crippen LogP contribution in [0.5, 0.6) is 0 Å². The molecule has 0 radical (unpaired) electrons. The fourth-order valence-electron chi connectivity index (χ4n) is 2.88. The van der Waals surface area contributed by atoms with Crippen LogP contribution in [0, 0.1) is 0 Å². The highest BCUT2D eigenvalue weighted by molar-refractivity contribution is 5.62. The lowest BCUT2D eigenvalue weighted by atomic mass is 10.0. The first-order chi connectivity index (χ1) is 8.36. The molecular formula is C15H19NO. The fourth-order valence-corrected chi connectivity index (χ4v) is 2.88. The van der Waals surface area contributed by atoms with E-state index in [0.29, 0.717) is 6.04 Å². The predicted octanol–water partition coefficient (Wildman–Crippen LogP) is 0.742. The van der Waals surface area contributed by atoms with Crippen LogP contribution in [-0.4, -0.2) is 37.2 Å². The second-order valence-electron chi connectivity index (χ2n) is 4.85. The van der Waals surface area contributed by atoms with Crippen molar-refractivity contribution in [1.29, 1.82) is 0 Å². The standard InChI is InChI=1S/C15H19NO/c1-12(16-8-10-17-11-9-16)14-7-6-13-4-2-3-5-15(13)14/h2-6,12H,7-11H2,1H3. The molecule has 1 unspecified atom stereocenters. The number of hydrogen-bond acceptors (Lipinski definition) is 2. The van der Waals surface area contributed by atoms with E-state index in [4.69, 9.17) is 4.74 Å². The van der Waals surface area contributed by atoms with Crippen molar-refractivity contribution < 1.29 is 4.74 Å². The Morgan fingerprint density at radius 2 is 1.94 bits per heavy atom. The molecule has 17 heavy (non-hydrogen) atoms. The maximum Gasteiger partial charge on any atom is 0.0594 e. The molecule has 0 spiro atoms. The Hall–Kier alpha value is -1.12. The molecule has 0 amide bonds. The molecule has 2 nitrogen and oxygen atoms in total. The number of ether oxygens (including phenoxy) is 1.